The minimum absolute atomic E-state index is 0.0237. The molecule has 1 heterocycles. The maximum Gasteiger partial charge on any atom is 0.234 e. The number of aromatic amines is 1. The van der Waals surface area contributed by atoms with E-state index >= 15 is 0 Å². The molecular formula is C9H13N5O2. The normalized spacial score (nSPS) is 18.1. The van der Waals surface area contributed by atoms with Crippen molar-refractivity contribution >= 4 is 11.7 Å². The number of hydrogen-bond acceptors (Lipinski definition) is 4. The van der Waals surface area contributed by atoms with Crippen LogP contribution in [0.15, 0.2) is 17.5 Å². The van der Waals surface area contributed by atoms with E-state index in [9.17, 15) is 4.79 Å². The van der Waals surface area contributed by atoms with E-state index in [1.54, 1.807) is 12.4 Å². The molecule has 0 unspecified atom stereocenters. The van der Waals surface area contributed by atoms with Gasteiger partial charge >= 0.3 is 0 Å². The summed E-state index contributed by atoms with van der Waals surface area (Å²) in [4.78, 5) is 18.6. The summed E-state index contributed by atoms with van der Waals surface area (Å²) in [6, 6.07) is 0. The molecule has 1 saturated carbocycles. The molecule has 0 bridgehead atoms. The van der Waals surface area contributed by atoms with E-state index in [-0.39, 0.29) is 11.7 Å². The second kappa shape index (κ2) is 3.84. The fourth-order valence-corrected chi connectivity index (χ4v) is 1.55. The smallest absolute Gasteiger partial charge is 0.234 e. The standard InChI is InChI=1S/C9H13N5O2/c10-7(14-16)9(1-2-9)8(15)13-5-6-11-3-4-12-6/h3-4,16H,1-2,5H2,(H2,10,14)(H,11,12)(H,13,15). The number of amidine groups is 1. The van der Waals surface area contributed by atoms with Crippen LogP contribution in [0.1, 0.15) is 18.7 Å². The maximum atomic E-state index is 11.8. The lowest BCUT2D eigenvalue weighted by Crippen LogP contribution is -2.40. The van der Waals surface area contributed by atoms with Gasteiger partial charge in [-0.3, -0.25) is 4.79 Å². The molecule has 0 radical (unpaired) electrons. The van der Waals surface area contributed by atoms with Crippen LogP contribution in [-0.2, 0) is 11.3 Å². The first-order valence-electron chi connectivity index (χ1n) is 4.93. The summed E-state index contributed by atoms with van der Waals surface area (Å²) in [6.07, 6.45) is 4.52. The lowest BCUT2D eigenvalue weighted by Gasteiger charge is -2.12. The molecular weight excluding hydrogens is 210 g/mol. The number of nitrogens with two attached hydrogens (primary N) is 1. The molecule has 7 nitrogen and oxygen atoms in total. The zero-order chi connectivity index (χ0) is 11.6. The fourth-order valence-electron chi connectivity index (χ4n) is 1.55. The monoisotopic (exact) mass is 223 g/mol. The van der Waals surface area contributed by atoms with Gasteiger partial charge in [0.05, 0.1) is 6.54 Å². The molecule has 16 heavy (non-hydrogen) atoms. The van der Waals surface area contributed by atoms with Crippen LogP contribution in [0.4, 0.5) is 0 Å². The zero-order valence-corrected chi connectivity index (χ0v) is 8.60. The van der Waals surface area contributed by atoms with Crippen molar-refractivity contribution < 1.29 is 10.0 Å². The van der Waals surface area contributed by atoms with E-state index in [0.717, 1.165) is 0 Å². The van der Waals surface area contributed by atoms with Crippen molar-refractivity contribution in [3.63, 3.8) is 0 Å². The first-order valence-corrected chi connectivity index (χ1v) is 4.93. The van der Waals surface area contributed by atoms with Crippen molar-refractivity contribution in [2.24, 2.45) is 16.3 Å². The highest BCUT2D eigenvalue weighted by Gasteiger charge is 2.54. The number of oxime groups is 1. The molecule has 0 spiro atoms. The van der Waals surface area contributed by atoms with Gasteiger partial charge in [0.15, 0.2) is 5.84 Å². The molecule has 1 aliphatic rings. The number of rotatable bonds is 4. The van der Waals surface area contributed by atoms with Crippen molar-refractivity contribution in [3.05, 3.63) is 18.2 Å². The number of nitrogens with one attached hydrogen (secondary N) is 2. The Morgan fingerprint density at radius 3 is 3.00 bits per heavy atom. The summed E-state index contributed by atoms with van der Waals surface area (Å²) >= 11 is 0. The first kappa shape index (κ1) is 10.5. The lowest BCUT2D eigenvalue weighted by atomic mass is 10.1. The third kappa shape index (κ3) is 1.71. The number of imidazole rings is 1. The van der Waals surface area contributed by atoms with Crippen LogP contribution < -0.4 is 11.1 Å². The predicted octanol–water partition coefficient (Wildman–Crippen LogP) is -0.448. The Balaban J connectivity index is 1.94. The molecule has 7 heteroatoms. The fraction of sp³-hybridized carbons (Fsp3) is 0.444. The van der Waals surface area contributed by atoms with Crippen LogP contribution >= 0.6 is 0 Å². The second-order valence-corrected chi connectivity index (χ2v) is 3.79. The summed E-state index contributed by atoms with van der Waals surface area (Å²) in [5.41, 5.74) is 4.67. The predicted molar refractivity (Wildman–Crippen MR) is 55.5 cm³/mol. The van der Waals surface area contributed by atoms with Gasteiger partial charge in [0, 0.05) is 12.4 Å². The number of aromatic nitrogens is 2. The average molecular weight is 223 g/mol. The van der Waals surface area contributed by atoms with Gasteiger partial charge in [-0.1, -0.05) is 5.16 Å². The van der Waals surface area contributed by atoms with Crippen LogP contribution in [0.25, 0.3) is 0 Å². The van der Waals surface area contributed by atoms with Gasteiger partial charge in [-0.05, 0) is 12.8 Å². The van der Waals surface area contributed by atoms with Crippen LogP contribution in [0.3, 0.4) is 0 Å². The summed E-state index contributed by atoms with van der Waals surface area (Å²) < 4.78 is 0. The largest absolute Gasteiger partial charge is 0.409 e. The van der Waals surface area contributed by atoms with Crippen molar-refractivity contribution in [2.75, 3.05) is 0 Å². The van der Waals surface area contributed by atoms with Crippen molar-refractivity contribution in [2.45, 2.75) is 19.4 Å². The zero-order valence-electron chi connectivity index (χ0n) is 8.60. The first-order chi connectivity index (χ1) is 7.69. The number of amides is 1. The molecule has 5 N–H and O–H groups in total. The second-order valence-electron chi connectivity index (χ2n) is 3.79. The van der Waals surface area contributed by atoms with Gasteiger partial charge in [-0.25, -0.2) is 4.98 Å². The Hall–Kier alpha value is -2.05. The van der Waals surface area contributed by atoms with E-state index in [1.165, 1.54) is 0 Å². The highest BCUT2D eigenvalue weighted by Crippen LogP contribution is 2.46. The maximum absolute atomic E-state index is 11.8. The minimum Gasteiger partial charge on any atom is -0.409 e. The van der Waals surface area contributed by atoms with Crippen LogP contribution in [0, 0.1) is 5.41 Å². The van der Waals surface area contributed by atoms with Gasteiger partial charge in [-0.2, -0.15) is 0 Å². The molecule has 1 fully saturated rings. The molecule has 1 aliphatic carbocycles. The summed E-state index contributed by atoms with van der Waals surface area (Å²) in [7, 11) is 0. The van der Waals surface area contributed by atoms with E-state index in [4.69, 9.17) is 10.9 Å². The van der Waals surface area contributed by atoms with Gasteiger partial charge in [0.2, 0.25) is 5.91 Å². The molecule has 0 saturated heterocycles. The summed E-state index contributed by atoms with van der Waals surface area (Å²) in [5.74, 6) is 0.423. The summed E-state index contributed by atoms with van der Waals surface area (Å²) in [6.45, 7) is 0.312. The van der Waals surface area contributed by atoms with E-state index in [2.05, 4.69) is 20.4 Å². The minimum atomic E-state index is -0.804. The van der Waals surface area contributed by atoms with E-state index in [1.807, 2.05) is 0 Å². The van der Waals surface area contributed by atoms with Crippen molar-refractivity contribution in [1.29, 1.82) is 0 Å². The molecule has 2 rings (SSSR count). The third-order valence-corrected chi connectivity index (χ3v) is 2.75. The molecule has 0 aromatic carbocycles. The number of carbonyl (C=O) groups excluding carboxylic acids is 1. The van der Waals surface area contributed by atoms with Gasteiger partial charge < -0.3 is 21.2 Å². The quantitative estimate of drug-likeness (QED) is 0.239. The Bertz CT molecular complexity index is 408. The van der Waals surface area contributed by atoms with Crippen LogP contribution in [0.5, 0.6) is 0 Å². The Morgan fingerprint density at radius 1 is 1.75 bits per heavy atom. The molecule has 86 valence electrons. The molecule has 1 aromatic heterocycles. The number of hydrogen-bond donors (Lipinski definition) is 4. The Kier molecular flexibility index (Phi) is 2.51. The van der Waals surface area contributed by atoms with Crippen LogP contribution in [-0.4, -0.2) is 26.9 Å². The third-order valence-electron chi connectivity index (χ3n) is 2.75. The number of H-pyrrole nitrogens is 1. The SMILES string of the molecule is N/C(=N/O)C1(C(=O)NCc2ncc[nH]2)CC1. The highest BCUT2D eigenvalue weighted by atomic mass is 16.4. The highest BCUT2D eigenvalue weighted by molar-refractivity contribution is 6.09. The number of carbonyl (C=O) groups is 1. The Morgan fingerprint density at radius 2 is 2.50 bits per heavy atom. The van der Waals surface area contributed by atoms with Crippen LogP contribution in [0.2, 0.25) is 0 Å². The van der Waals surface area contributed by atoms with Crippen molar-refractivity contribution in [1.82, 2.24) is 15.3 Å². The molecule has 1 aromatic rings. The van der Waals surface area contributed by atoms with Crippen molar-refractivity contribution in [3.8, 4) is 0 Å². The Labute approximate surface area is 91.7 Å². The van der Waals surface area contributed by atoms with E-state index < -0.39 is 5.41 Å². The van der Waals surface area contributed by atoms with Gasteiger partial charge in [-0.15, -0.1) is 0 Å². The summed E-state index contributed by atoms with van der Waals surface area (Å²) in [5, 5.41) is 14.2. The van der Waals surface area contributed by atoms with Gasteiger partial charge in [0.25, 0.3) is 0 Å². The average Bonchev–Trinajstić information content (AvgIpc) is 2.95. The topological polar surface area (TPSA) is 116 Å². The van der Waals surface area contributed by atoms with Gasteiger partial charge in [0.1, 0.15) is 11.2 Å². The molecule has 0 aliphatic heterocycles. The molecule has 0 atom stereocenters. The molecule has 1 amide bonds. The van der Waals surface area contributed by atoms with E-state index in [0.29, 0.717) is 25.2 Å². The lowest BCUT2D eigenvalue weighted by molar-refractivity contribution is -0.124. The number of nitrogens with zero attached hydrogens (tertiary/aromatic N) is 2.